The van der Waals surface area contributed by atoms with Crippen molar-refractivity contribution in [2.45, 2.75) is 39.5 Å². The monoisotopic (exact) mass is 522 g/mol. The number of hydrogen-bond acceptors (Lipinski definition) is 6. The predicted molar refractivity (Wildman–Crippen MR) is 120 cm³/mol. The maximum atomic E-state index is 13.8. The first-order chi connectivity index (χ1) is 15.5. The van der Waals surface area contributed by atoms with Gasteiger partial charge in [-0.2, -0.15) is 0 Å². The Balaban J connectivity index is 1.75. The molecule has 11 heteroatoms. The first-order valence-corrected chi connectivity index (χ1v) is 10.6. The van der Waals surface area contributed by atoms with Gasteiger partial charge >= 0.3 is 0 Å². The topological polar surface area (TPSA) is 106 Å². The lowest BCUT2D eigenvalue weighted by molar-refractivity contribution is -0.130. The van der Waals surface area contributed by atoms with E-state index >= 15 is 0 Å². The van der Waals surface area contributed by atoms with Gasteiger partial charge in [-0.05, 0) is 48.8 Å². The van der Waals surface area contributed by atoms with Crippen LogP contribution in [0.25, 0.3) is 0 Å². The van der Waals surface area contributed by atoms with Crippen LogP contribution in [-0.4, -0.2) is 31.1 Å². The van der Waals surface area contributed by atoms with Crippen LogP contribution in [-0.2, 0) is 17.9 Å². The van der Waals surface area contributed by atoms with Crippen molar-refractivity contribution in [1.82, 2.24) is 14.5 Å². The van der Waals surface area contributed by atoms with Gasteiger partial charge in [-0.1, -0.05) is 0 Å². The van der Waals surface area contributed by atoms with Gasteiger partial charge < -0.3 is 19.7 Å². The van der Waals surface area contributed by atoms with Crippen LogP contribution >= 0.6 is 15.9 Å². The van der Waals surface area contributed by atoms with E-state index in [-0.39, 0.29) is 34.8 Å². The first-order valence-electron chi connectivity index (χ1n) is 9.77. The van der Waals surface area contributed by atoms with Gasteiger partial charge in [0.25, 0.3) is 11.5 Å². The summed E-state index contributed by atoms with van der Waals surface area (Å²) in [4.78, 5) is 32.9. The van der Waals surface area contributed by atoms with Crippen molar-refractivity contribution in [3.8, 4) is 5.75 Å². The fourth-order valence-corrected chi connectivity index (χ4v) is 3.19. The minimum Gasteiger partial charge on any atom is -0.487 e. The number of amides is 1. The lowest BCUT2D eigenvalue weighted by Gasteiger charge is -2.16. The quantitative estimate of drug-likeness (QED) is 0.493. The van der Waals surface area contributed by atoms with Crippen LogP contribution in [0.5, 0.6) is 5.75 Å². The number of aryl methyl sites for hydroxylation is 1. The molecular weight excluding hydrogens is 502 g/mol. The molecule has 1 amide bonds. The van der Waals surface area contributed by atoms with Crippen molar-refractivity contribution in [1.29, 1.82) is 0 Å². The lowest BCUT2D eigenvalue weighted by Crippen LogP contribution is -2.37. The molecule has 0 atom stereocenters. The molecule has 0 aliphatic heterocycles. The number of carbonyl (C=O) groups is 1. The molecule has 0 saturated carbocycles. The largest absolute Gasteiger partial charge is 0.487 e. The summed E-state index contributed by atoms with van der Waals surface area (Å²) < 4.78 is 34.0. The average Bonchev–Trinajstić information content (AvgIpc) is 2.74. The number of pyridine rings is 1. The van der Waals surface area contributed by atoms with Crippen LogP contribution in [0.4, 0.5) is 14.6 Å². The Morgan fingerprint density at radius 2 is 1.97 bits per heavy atom. The zero-order valence-corrected chi connectivity index (χ0v) is 19.6. The molecule has 0 bridgehead atoms. The lowest BCUT2D eigenvalue weighted by atomic mass is 10.1. The molecule has 0 radical (unpaired) electrons. The summed E-state index contributed by atoms with van der Waals surface area (Å²) in [6.45, 7) is 4.31. The molecule has 33 heavy (non-hydrogen) atoms. The van der Waals surface area contributed by atoms with E-state index in [1.807, 2.05) is 0 Å². The average molecular weight is 523 g/mol. The Kier molecular flexibility index (Phi) is 7.23. The molecule has 0 aliphatic rings. The number of anilines is 1. The van der Waals surface area contributed by atoms with Crippen LogP contribution < -0.4 is 15.6 Å². The summed E-state index contributed by atoms with van der Waals surface area (Å²) in [6, 6.07) is 4.78. The van der Waals surface area contributed by atoms with Gasteiger partial charge in [-0.15, -0.1) is 0 Å². The molecule has 3 rings (SSSR count). The summed E-state index contributed by atoms with van der Waals surface area (Å²) in [5.74, 6) is -1.68. The van der Waals surface area contributed by atoms with Crippen molar-refractivity contribution in [2.75, 3.05) is 5.32 Å². The van der Waals surface area contributed by atoms with Gasteiger partial charge in [-0.25, -0.2) is 13.8 Å². The second-order valence-corrected chi connectivity index (χ2v) is 8.58. The zero-order valence-electron chi connectivity index (χ0n) is 18.0. The number of halogens is 3. The molecule has 8 nitrogen and oxygen atoms in total. The number of aromatic nitrogens is 3. The number of rotatable bonds is 7. The minimum atomic E-state index is -1.57. The molecule has 3 aromatic rings. The molecule has 0 unspecified atom stereocenters. The molecule has 0 fully saturated rings. The number of benzene rings is 1. The number of nitrogens with zero attached hydrogens (tertiary/aromatic N) is 3. The Labute approximate surface area is 196 Å². The summed E-state index contributed by atoms with van der Waals surface area (Å²) in [6.07, 6.45) is 2.73. The first kappa shape index (κ1) is 24.5. The molecule has 1 aromatic carbocycles. The van der Waals surface area contributed by atoms with Crippen LogP contribution in [0.1, 0.15) is 30.8 Å². The molecule has 0 aliphatic carbocycles. The third-order valence-corrected chi connectivity index (χ3v) is 5.37. The Bertz CT molecular complexity index is 1240. The minimum absolute atomic E-state index is 0.100. The third-order valence-electron chi connectivity index (χ3n) is 4.64. The van der Waals surface area contributed by atoms with Gasteiger partial charge in [0, 0.05) is 23.4 Å². The molecule has 2 N–H and O–H groups in total. The van der Waals surface area contributed by atoms with Crippen molar-refractivity contribution in [3.63, 3.8) is 0 Å². The van der Waals surface area contributed by atoms with Gasteiger partial charge in [0.2, 0.25) is 0 Å². The Hall–Kier alpha value is -3.18. The van der Waals surface area contributed by atoms with E-state index in [1.165, 1.54) is 36.9 Å². The fourth-order valence-electron chi connectivity index (χ4n) is 2.74. The molecule has 2 heterocycles. The fraction of sp³-hybridized carbons (Fsp3) is 0.273. The molecule has 0 saturated heterocycles. The van der Waals surface area contributed by atoms with E-state index in [2.05, 4.69) is 31.2 Å². The van der Waals surface area contributed by atoms with E-state index < -0.39 is 28.7 Å². The second kappa shape index (κ2) is 9.75. The Morgan fingerprint density at radius 3 is 2.58 bits per heavy atom. The summed E-state index contributed by atoms with van der Waals surface area (Å²) in [5, 5.41) is 12.1. The van der Waals surface area contributed by atoms with Crippen LogP contribution in [0.2, 0.25) is 0 Å². The SMILES string of the molecule is Cc1cc(OCc2ccc(F)cc2F)c(Br)c(=O)n1Cc1cnc(NC(=O)C(C)(C)O)cn1. The van der Waals surface area contributed by atoms with E-state index in [9.17, 15) is 23.5 Å². The highest BCUT2D eigenvalue weighted by molar-refractivity contribution is 9.10. The Morgan fingerprint density at radius 1 is 1.24 bits per heavy atom. The maximum absolute atomic E-state index is 13.8. The normalized spacial score (nSPS) is 11.4. The number of aliphatic hydroxyl groups is 1. The number of nitrogens with one attached hydrogen (secondary N) is 1. The van der Waals surface area contributed by atoms with E-state index in [0.29, 0.717) is 11.4 Å². The third kappa shape index (κ3) is 5.99. The van der Waals surface area contributed by atoms with Crippen molar-refractivity contribution in [3.05, 3.63) is 80.1 Å². The summed E-state index contributed by atoms with van der Waals surface area (Å²) in [7, 11) is 0. The predicted octanol–water partition coefficient (Wildman–Crippen LogP) is 3.32. The number of hydrogen-bond donors (Lipinski definition) is 2. The zero-order chi connectivity index (χ0) is 24.3. The number of ether oxygens (including phenoxy) is 1. The van der Waals surface area contributed by atoms with Gasteiger partial charge in [0.1, 0.15) is 34.1 Å². The standard InChI is InChI=1S/C22H21BrF2N4O4/c1-12-6-17(33-11-13-4-5-14(24)7-16(13)25)19(23)20(30)29(12)10-15-8-27-18(9-26-15)28-21(31)22(2,3)32/h4-9,32H,10-11H2,1-3H3,(H,27,28,31). The van der Waals surface area contributed by atoms with Gasteiger partial charge in [0.05, 0.1) is 24.6 Å². The maximum Gasteiger partial charge on any atom is 0.269 e. The van der Waals surface area contributed by atoms with Crippen LogP contribution in [0.3, 0.4) is 0 Å². The highest BCUT2D eigenvalue weighted by Crippen LogP contribution is 2.24. The van der Waals surface area contributed by atoms with Gasteiger partial charge in [0.15, 0.2) is 5.82 Å². The molecular formula is C22H21BrF2N4O4. The van der Waals surface area contributed by atoms with Crippen LogP contribution in [0.15, 0.2) is 45.9 Å². The van der Waals surface area contributed by atoms with Gasteiger partial charge in [-0.3, -0.25) is 14.6 Å². The van der Waals surface area contributed by atoms with E-state index in [0.717, 1.165) is 12.1 Å². The van der Waals surface area contributed by atoms with Crippen LogP contribution in [0, 0.1) is 18.6 Å². The van der Waals surface area contributed by atoms with Crippen molar-refractivity contribution in [2.24, 2.45) is 0 Å². The van der Waals surface area contributed by atoms with Crippen molar-refractivity contribution < 1.29 is 23.4 Å². The molecule has 2 aromatic heterocycles. The number of carbonyl (C=O) groups excluding carboxylic acids is 1. The van der Waals surface area contributed by atoms with E-state index in [1.54, 1.807) is 13.0 Å². The smallest absolute Gasteiger partial charge is 0.269 e. The summed E-state index contributed by atoms with van der Waals surface area (Å²) >= 11 is 3.22. The molecule has 174 valence electrons. The molecule has 0 spiro atoms. The second-order valence-electron chi connectivity index (χ2n) is 7.79. The van der Waals surface area contributed by atoms with E-state index in [4.69, 9.17) is 4.74 Å². The highest BCUT2D eigenvalue weighted by Gasteiger charge is 2.24. The van der Waals surface area contributed by atoms with Crippen molar-refractivity contribution >= 4 is 27.7 Å². The summed E-state index contributed by atoms with van der Waals surface area (Å²) in [5.41, 5.74) is -0.805. The highest BCUT2D eigenvalue weighted by atomic mass is 79.9.